The second-order valence-corrected chi connectivity index (χ2v) is 4.62. The fraction of sp³-hybridized carbons (Fsp3) is 0.571. The van der Waals surface area contributed by atoms with Gasteiger partial charge in [-0.15, -0.1) is 0 Å². The fourth-order valence-corrected chi connectivity index (χ4v) is 2.36. The second-order valence-electron chi connectivity index (χ2n) is 4.62. The Hall–Kier alpha value is -1.02. The number of benzene rings is 1. The summed E-state index contributed by atoms with van der Waals surface area (Å²) in [5.74, 6) is 1.75. The Bertz CT molecular complexity index is 299. The minimum absolute atomic E-state index is 0.802. The highest BCUT2D eigenvalue weighted by molar-refractivity contribution is 5.27. The van der Waals surface area contributed by atoms with Crippen molar-refractivity contribution >= 4 is 0 Å². The SMILES string of the molecule is COc1ccc(CC2CCCCNC2)cc1. The molecule has 0 bridgehead atoms. The minimum Gasteiger partial charge on any atom is -0.497 e. The van der Waals surface area contributed by atoms with Crippen LogP contribution in [0.15, 0.2) is 24.3 Å². The molecule has 2 nitrogen and oxygen atoms in total. The lowest BCUT2D eigenvalue weighted by Crippen LogP contribution is -2.21. The number of ether oxygens (including phenoxy) is 1. The monoisotopic (exact) mass is 219 g/mol. The van der Waals surface area contributed by atoms with Crippen molar-refractivity contribution in [2.75, 3.05) is 20.2 Å². The maximum atomic E-state index is 5.17. The molecule has 2 rings (SSSR count). The zero-order chi connectivity index (χ0) is 11.2. The Morgan fingerprint density at radius 3 is 2.81 bits per heavy atom. The van der Waals surface area contributed by atoms with Crippen molar-refractivity contribution < 1.29 is 4.74 Å². The summed E-state index contributed by atoms with van der Waals surface area (Å²) in [5.41, 5.74) is 1.43. The molecule has 88 valence electrons. The number of methoxy groups -OCH3 is 1. The summed E-state index contributed by atoms with van der Waals surface area (Å²) in [5, 5.41) is 3.52. The van der Waals surface area contributed by atoms with Gasteiger partial charge in [-0.2, -0.15) is 0 Å². The molecule has 0 saturated carbocycles. The van der Waals surface area contributed by atoms with Crippen LogP contribution in [0.4, 0.5) is 0 Å². The van der Waals surface area contributed by atoms with Crippen molar-refractivity contribution in [1.29, 1.82) is 0 Å². The molecule has 0 amide bonds. The van der Waals surface area contributed by atoms with Gasteiger partial charge < -0.3 is 10.1 Å². The first-order chi connectivity index (χ1) is 7.88. The lowest BCUT2D eigenvalue weighted by atomic mass is 9.95. The van der Waals surface area contributed by atoms with Gasteiger partial charge in [0.05, 0.1) is 7.11 Å². The molecular weight excluding hydrogens is 198 g/mol. The van der Waals surface area contributed by atoms with Gasteiger partial charge in [-0.3, -0.25) is 0 Å². The van der Waals surface area contributed by atoms with Crippen LogP contribution >= 0.6 is 0 Å². The molecule has 0 radical (unpaired) electrons. The number of nitrogens with one attached hydrogen (secondary N) is 1. The van der Waals surface area contributed by atoms with Crippen molar-refractivity contribution in [1.82, 2.24) is 5.32 Å². The molecular formula is C14H21NO. The number of hydrogen-bond acceptors (Lipinski definition) is 2. The predicted molar refractivity (Wildman–Crippen MR) is 66.9 cm³/mol. The number of rotatable bonds is 3. The summed E-state index contributed by atoms with van der Waals surface area (Å²) in [4.78, 5) is 0. The van der Waals surface area contributed by atoms with Gasteiger partial charge in [-0.1, -0.05) is 18.6 Å². The first-order valence-corrected chi connectivity index (χ1v) is 6.22. The topological polar surface area (TPSA) is 21.3 Å². The van der Waals surface area contributed by atoms with E-state index in [2.05, 4.69) is 29.6 Å². The van der Waals surface area contributed by atoms with Crippen LogP contribution in [0.5, 0.6) is 5.75 Å². The van der Waals surface area contributed by atoms with Crippen molar-refractivity contribution in [3.8, 4) is 5.75 Å². The third-order valence-corrected chi connectivity index (χ3v) is 3.33. The summed E-state index contributed by atoms with van der Waals surface area (Å²) >= 11 is 0. The normalized spacial score (nSPS) is 21.4. The smallest absolute Gasteiger partial charge is 0.118 e. The molecule has 1 aliphatic heterocycles. The molecule has 1 heterocycles. The maximum absolute atomic E-state index is 5.17. The Labute approximate surface area is 98.0 Å². The van der Waals surface area contributed by atoms with E-state index in [0.717, 1.165) is 11.7 Å². The first-order valence-electron chi connectivity index (χ1n) is 6.22. The highest BCUT2D eigenvalue weighted by Gasteiger charge is 2.12. The second kappa shape index (κ2) is 5.90. The van der Waals surface area contributed by atoms with Crippen molar-refractivity contribution in [3.05, 3.63) is 29.8 Å². The van der Waals surface area contributed by atoms with Crippen LogP contribution in [-0.4, -0.2) is 20.2 Å². The predicted octanol–water partition coefficient (Wildman–Crippen LogP) is 2.63. The van der Waals surface area contributed by atoms with Gasteiger partial charge in [0.1, 0.15) is 5.75 Å². The van der Waals surface area contributed by atoms with Crippen LogP contribution in [0.2, 0.25) is 0 Å². The van der Waals surface area contributed by atoms with E-state index >= 15 is 0 Å². The van der Waals surface area contributed by atoms with E-state index in [1.807, 2.05) is 0 Å². The quantitative estimate of drug-likeness (QED) is 0.843. The molecule has 0 aliphatic carbocycles. The zero-order valence-electron chi connectivity index (χ0n) is 10.0. The third-order valence-electron chi connectivity index (χ3n) is 3.33. The molecule has 1 aliphatic rings. The van der Waals surface area contributed by atoms with E-state index in [0.29, 0.717) is 0 Å². The maximum Gasteiger partial charge on any atom is 0.118 e. The van der Waals surface area contributed by atoms with Crippen molar-refractivity contribution in [2.24, 2.45) is 5.92 Å². The van der Waals surface area contributed by atoms with Crippen LogP contribution in [0.25, 0.3) is 0 Å². The summed E-state index contributed by atoms with van der Waals surface area (Å²) in [7, 11) is 1.71. The Kier molecular flexibility index (Phi) is 4.23. The van der Waals surface area contributed by atoms with Crippen LogP contribution < -0.4 is 10.1 Å². The summed E-state index contributed by atoms with van der Waals surface area (Å²) in [6, 6.07) is 8.48. The summed E-state index contributed by atoms with van der Waals surface area (Å²) in [6.45, 7) is 2.37. The van der Waals surface area contributed by atoms with E-state index < -0.39 is 0 Å². The Morgan fingerprint density at radius 2 is 2.06 bits per heavy atom. The molecule has 1 N–H and O–H groups in total. The largest absolute Gasteiger partial charge is 0.497 e. The molecule has 0 aromatic heterocycles. The van der Waals surface area contributed by atoms with Crippen LogP contribution in [0, 0.1) is 5.92 Å². The molecule has 1 atom stereocenters. The highest BCUT2D eigenvalue weighted by atomic mass is 16.5. The van der Waals surface area contributed by atoms with Crippen molar-refractivity contribution in [3.63, 3.8) is 0 Å². The molecule has 0 spiro atoms. The van der Waals surface area contributed by atoms with Crippen LogP contribution in [-0.2, 0) is 6.42 Å². The molecule has 1 aromatic rings. The van der Waals surface area contributed by atoms with E-state index in [4.69, 9.17) is 4.74 Å². The van der Waals surface area contributed by atoms with E-state index in [9.17, 15) is 0 Å². The van der Waals surface area contributed by atoms with Gasteiger partial charge in [0.25, 0.3) is 0 Å². The van der Waals surface area contributed by atoms with Gasteiger partial charge in [0.15, 0.2) is 0 Å². The van der Waals surface area contributed by atoms with Gasteiger partial charge in [-0.05, 0) is 56.0 Å². The molecule has 2 heteroatoms. The molecule has 1 fully saturated rings. The molecule has 1 aromatic carbocycles. The zero-order valence-corrected chi connectivity index (χ0v) is 10.0. The molecule has 1 unspecified atom stereocenters. The van der Waals surface area contributed by atoms with Crippen LogP contribution in [0.1, 0.15) is 24.8 Å². The summed E-state index contributed by atoms with van der Waals surface area (Å²) in [6.07, 6.45) is 5.25. The van der Waals surface area contributed by atoms with E-state index in [1.54, 1.807) is 7.11 Å². The molecule has 16 heavy (non-hydrogen) atoms. The van der Waals surface area contributed by atoms with Crippen LogP contribution in [0.3, 0.4) is 0 Å². The van der Waals surface area contributed by atoms with Crippen molar-refractivity contribution in [2.45, 2.75) is 25.7 Å². The van der Waals surface area contributed by atoms with E-state index in [1.165, 1.54) is 44.3 Å². The van der Waals surface area contributed by atoms with Gasteiger partial charge in [-0.25, -0.2) is 0 Å². The minimum atomic E-state index is 0.802. The Morgan fingerprint density at radius 1 is 1.25 bits per heavy atom. The average Bonchev–Trinajstić information content (AvgIpc) is 2.59. The fourth-order valence-electron chi connectivity index (χ4n) is 2.36. The number of hydrogen-bond donors (Lipinski definition) is 1. The van der Waals surface area contributed by atoms with Gasteiger partial charge in [0, 0.05) is 0 Å². The standard InChI is InChI=1S/C14H21NO/c1-16-14-7-5-12(6-8-14)10-13-4-2-3-9-15-11-13/h5-8,13,15H,2-4,9-11H2,1H3. The highest BCUT2D eigenvalue weighted by Crippen LogP contribution is 2.19. The Balaban J connectivity index is 1.91. The van der Waals surface area contributed by atoms with Gasteiger partial charge >= 0.3 is 0 Å². The first kappa shape index (κ1) is 11.5. The lowest BCUT2D eigenvalue weighted by Gasteiger charge is -2.14. The van der Waals surface area contributed by atoms with Gasteiger partial charge in [0.2, 0.25) is 0 Å². The average molecular weight is 219 g/mol. The summed E-state index contributed by atoms with van der Waals surface area (Å²) < 4.78 is 5.17. The molecule has 1 saturated heterocycles. The van der Waals surface area contributed by atoms with E-state index in [-0.39, 0.29) is 0 Å². The lowest BCUT2D eigenvalue weighted by molar-refractivity contribution is 0.414. The third kappa shape index (κ3) is 3.24.